The van der Waals surface area contributed by atoms with Crippen LogP contribution in [0.4, 0.5) is 5.95 Å². The number of hydrogen-bond donors (Lipinski definition) is 0. The van der Waals surface area contributed by atoms with E-state index in [1.54, 1.807) is 0 Å². The Morgan fingerprint density at radius 1 is 1.00 bits per heavy atom. The van der Waals surface area contributed by atoms with Crippen molar-refractivity contribution in [3.05, 3.63) is 52.8 Å². The Hall–Kier alpha value is -2.56. The van der Waals surface area contributed by atoms with Crippen molar-refractivity contribution in [2.24, 2.45) is 11.0 Å². The molecular weight excluding hydrogens is 288 g/mol. The first-order valence-electron chi connectivity index (χ1n) is 7.71. The highest BCUT2D eigenvalue weighted by molar-refractivity contribution is 6.14. The van der Waals surface area contributed by atoms with Crippen molar-refractivity contribution < 1.29 is 4.79 Å². The fourth-order valence-electron chi connectivity index (χ4n) is 2.74. The number of hydrazone groups is 1. The summed E-state index contributed by atoms with van der Waals surface area (Å²) in [4.78, 5) is 21.4. The van der Waals surface area contributed by atoms with Crippen molar-refractivity contribution in [1.29, 1.82) is 0 Å². The molecule has 2 heterocycles. The second-order valence-corrected chi connectivity index (χ2v) is 6.08. The summed E-state index contributed by atoms with van der Waals surface area (Å²) in [5.41, 5.74) is 4.80. The first-order valence-corrected chi connectivity index (χ1v) is 7.71. The summed E-state index contributed by atoms with van der Waals surface area (Å²) < 4.78 is 0. The molecule has 1 unspecified atom stereocenters. The number of anilines is 1. The summed E-state index contributed by atoms with van der Waals surface area (Å²) >= 11 is 0. The fraction of sp³-hybridized carbons (Fsp3) is 0.333. The standard InChI is InChI=1S/C18H20N4O/c1-11-5-7-15(8-6-11)10-16-14(4)21-22(17(16)23)18-19-12(2)9-13(3)20-18/h5-9,16H,10H2,1-4H3. The predicted molar refractivity (Wildman–Crippen MR) is 90.5 cm³/mol. The minimum atomic E-state index is -0.248. The molecule has 5 heteroatoms. The molecule has 0 N–H and O–H groups in total. The summed E-state index contributed by atoms with van der Waals surface area (Å²) in [6.45, 7) is 7.72. The molecule has 1 atom stereocenters. The van der Waals surface area contributed by atoms with Crippen LogP contribution in [0.2, 0.25) is 0 Å². The highest BCUT2D eigenvalue weighted by atomic mass is 16.2. The van der Waals surface area contributed by atoms with Gasteiger partial charge >= 0.3 is 0 Å². The topological polar surface area (TPSA) is 58.5 Å². The maximum absolute atomic E-state index is 12.7. The van der Waals surface area contributed by atoms with E-state index in [2.05, 4.69) is 46.3 Å². The third-order valence-electron chi connectivity index (χ3n) is 3.99. The SMILES string of the molecule is CC1=NN(c2nc(C)cc(C)n2)C(=O)C1Cc1ccc(C)cc1. The molecule has 1 amide bonds. The van der Waals surface area contributed by atoms with E-state index in [0.29, 0.717) is 12.4 Å². The lowest BCUT2D eigenvalue weighted by atomic mass is 9.95. The molecule has 23 heavy (non-hydrogen) atoms. The van der Waals surface area contributed by atoms with E-state index in [1.807, 2.05) is 26.8 Å². The monoisotopic (exact) mass is 308 g/mol. The first kappa shape index (κ1) is 15.3. The molecule has 5 nitrogen and oxygen atoms in total. The van der Waals surface area contributed by atoms with Crippen LogP contribution in [0.3, 0.4) is 0 Å². The molecule has 2 aromatic rings. The van der Waals surface area contributed by atoms with Gasteiger partial charge in [-0.25, -0.2) is 9.97 Å². The molecule has 0 aliphatic carbocycles. The van der Waals surface area contributed by atoms with Crippen LogP contribution in [-0.4, -0.2) is 21.6 Å². The van der Waals surface area contributed by atoms with Crippen LogP contribution in [0.5, 0.6) is 0 Å². The summed E-state index contributed by atoms with van der Waals surface area (Å²) in [6.07, 6.45) is 0.649. The molecule has 3 rings (SSSR count). The molecule has 0 spiro atoms. The number of hydrogen-bond acceptors (Lipinski definition) is 4. The minimum absolute atomic E-state index is 0.0620. The maximum atomic E-state index is 12.7. The lowest BCUT2D eigenvalue weighted by molar-refractivity contribution is -0.119. The van der Waals surface area contributed by atoms with E-state index in [-0.39, 0.29) is 11.8 Å². The summed E-state index contributed by atoms with van der Waals surface area (Å²) in [6, 6.07) is 10.1. The average molecular weight is 308 g/mol. The first-order chi connectivity index (χ1) is 10.9. The van der Waals surface area contributed by atoms with Crippen molar-refractivity contribution in [3.8, 4) is 0 Å². The van der Waals surface area contributed by atoms with Gasteiger partial charge in [0.05, 0.1) is 5.92 Å². The Morgan fingerprint density at radius 3 is 2.22 bits per heavy atom. The van der Waals surface area contributed by atoms with Crippen LogP contribution in [0.25, 0.3) is 0 Å². The lowest BCUT2D eigenvalue weighted by Gasteiger charge is -2.13. The maximum Gasteiger partial charge on any atom is 0.259 e. The molecule has 0 saturated heterocycles. The Balaban J connectivity index is 1.84. The van der Waals surface area contributed by atoms with Crippen LogP contribution in [0.1, 0.15) is 29.4 Å². The Morgan fingerprint density at radius 2 is 1.61 bits per heavy atom. The predicted octanol–water partition coefficient (Wildman–Crippen LogP) is 2.98. The Bertz CT molecular complexity index is 760. The van der Waals surface area contributed by atoms with Crippen molar-refractivity contribution in [3.63, 3.8) is 0 Å². The zero-order valence-electron chi connectivity index (χ0n) is 13.9. The van der Waals surface area contributed by atoms with Gasteiger partial charge in [0, 0.05) is 17.1 Å². The van der Waals surface area contributed by atoms with E-state index in [9.17, 15) is 4.79 Å². The molecule has 0 bridgehead atoms. The normalized spacial score (nSPS) is 17.6. The summed E-state index contributed by atoms with van der Waals surface area (Å²) in [5, 5.41) is 5.73. The van der Waals surface area contributed by atoms with Crippen molar-refractivity contribution >= 4 is 17.6 Å². The molecule has 1 aromatic carbocycles. The number of carbonyl (C=O) groups is 1. The quantitative estimate of drug-likeness (QED) is 0.876. The number of nitrogens with zero attached hydrogens (tertiary/aromatic N) is 4. The zero-order valence-corrected chi connectivity index (χ0v) is 13.9. The van der Waals surface area contributed by atoms with Gasteiger partial charge in [0.1, 0.15) is 0 Å². The summed E-state index contributed by atoms with van der Waals surface area (Å²) in [7, 11) is 0. The minimum Gasteiger partial charge on any atom is -0.272 e. The van der Waals surface area contributed by atoms with Gasteiger partial charge < -0.3 is 0 Å². The van der Waals surface area contributed by atoms with Crippen molar-refractivity contribution in [2.45, 2.75) is 34.1 Å². The molecule has 0 saturated carbocycles. The van der Waals surface area contributed by atoms with Gasteiger partial charge in [-0.2, -0.15) is 10.1 Å². The van der Waals surface area contributed by atoms with Gasteiger partial charge in [-0.1, -0.05) is 29.8 Å². The highest BCUT2D eigenvalue weighted by Crippen LogP contribution is 2.24. The molecular formula is C18H20N4O. The van der Waals surface area contributed by atoms with E-state index < -0.39 is 0 Å². The van der Waals surface area contributed by atoms with Gasteiger partial charge in [0.15, 0.2) is 0 Å². The number of aromatic nitrogens is 2. The zero-order chi connectivity index (χ0) is 16.6. The van der Waals surface area contributed by atoms with Gasteiger partial charge in [0.25, 0.3) is 11.9 Å². The number of carbonyl (C=O) groups excluding carboxylic acids is 1. The molecule has 1 aliphatic heterocycles. The molecule has 0 radical (unpaired) electrons. The number of aryl methyl sites for hydroxylation is 3. The second-order valence-electron chi connectivity index (χ2n) is 6.08. The van der Waals surface area contributed by atoms with E-state index in [1.165, 1.54) is 10.6 Å². The number of rotatable bonds is 3. The third-order valence-corrected chi connectivity index (χ3v) is 3.99. The van der Waals surface area contributed by atoms with Crippen molar-refractivity contribution in [2.75, 3.05) is 5.01 Å². The summed E-state index contributed by atoms with van der Waals surface area (Å²) in [5.74, 6) is 0.0495. The van der Waals surface area contributed by atoms with E-state index in [4.69, 9.17) is 0 Å². The van der Waals surface area contributed by atoms with E-state index >= 15 is 0 Å². The Kier molecular flexibility index (Phi) is 3.94. The van der Waals surface area contributed by atoms with Crippen LogP contribution >= 0.6 is 0 Å². The largest absolute Gasteiger partial charge is 0.272 e. The van der Waals surface area contributed by atoms with Gasteiger partial charge in [-0.3, -0.25) is 4.79 Å². The van der Waals surface area contributed by atoms with Crippen molar-refractivity contribution in [1.82, 2.24) is 9.97 Å². The second kappa shape index (κ2) is 5.91. The molecule has 1 aliphatic rings. The van der Waals surface area contributed by atoms with Crippen LogP contribution in [-0.2, 0) is 11.2 Å². The van der Waals surface area contributed by atoms with Crippen LogP contribution < -0.4 is 5.01 Å². The number of amides is 1. The lowest BCUT2D eigenvalue weighted by Crippen LogP contribution is -2.29. The van der Waals surface area contributed by atoms with Gasteiger partial charge in [-0.05, 0) is 45.7 Å². The van der Waals surface area contributed by atoms with Gasteiger partial charge in [-0.15, -0.1) is 0 Å². The molecule has 118 valence electrons. The third kappa shape index (κ3) is 3.13. The smallest absolute Gasteiger partial charge is 0.259 e. The molecule has 1 aromatic heterocycles. The van der Waals surface area contributed by atoms with Crippen LogP contribution in [0.15, 0.2) is 35.4 Å². The van der Waals surface area contributed by atoms with Crippen LogP contribution in [0, 0.1) is 26.7 Å². The van der Waals surface area contributed by atoms with E-state index in [0.717, 1.165) is 22.7 Å². The number of benzene rings is 1. The van der Waals surface area contributed by atoms with Gasteiger partial charge in [0.2, 0.25) is 0 Å². The highest BCUT2D eigenvalue weighted by Gasteiger charge is 2.35. The Labute approximate surface area is 136 Å². The average Bonchev–Trinajstić information content (AvgIpc) is 2.76. The molecule has 0 fully saturated rings. The fourth-order valence-corrected chi connectivity index (χ4v) is 2.74.